The van der Waals surface area contributed by atoms with E-state index in [2.05, 4.69) is 10.6 Å². The maximum atomic E-state index is 11.4. The summed E-state index contributed by atoms with van der Waals surface area (Å²) >= 11 is 5.96. The molecule has 0 saturated heterocycles. The fraction of sp³-hybridized carbons (Fsp3) is 0.133. The van der Waals surface area contributed by atoms with Gasteiger partial charge >= 0.3 is 0 Å². The van der Waals surface area contributed by atoms with Gasteiger partial charge in [-0.1, -0.05) is 17.7 Å². The molecule has 4 N–H and O–H groups in total. The van der Waals surface area contributed by atoms with Crippen molar-refractivity contribution in [2.75, 3.05) is 16.4 Å². The Morgan fingerprint density at radius 1 is 1.20 bits per heavy atom. The van der Waals surface area contributed by atoms with E-state index in [0.29, 0.717) is 17.1 Å². The summed E-state index contributed by atoms with van der Waals surface area (Å²) in [5.41, 5.74) is 10.2. The molecule has 102 valence electrons. The number of benzene rings is 2. The number of carbonyl (C=O) groups is 1. The van der Waals surface area contributed by atoms with Crippen molar-refractivity contribution >= 4 is 40.3 Å². The summed E-state index contributed by atoms with van der Waals surface area (Å²) in [5.74, 6) is 0.0347. The monoisotopic (exact) mass is 287 g/mol. The molecule has 0 fully saturated rings. The number of nitrogens with two attached hydrogens (primary N) is 1. The topological polar surface area (TPSA) is 67.1 Å². The molecule has 20 heavy (non-hydrogen) atoms. The number of anilines is 4. The van der Waals surface area contributed by atoms with Crippen LogP contribution in [0.5, 0.6) is 0 Å². The van der Waals surface area contributed by atoms with Gasteiger partial charge in [0.15, 0.2) is 0 Å². The summed E-state index contributed by atoms with van der Waals surface area (Å²) in [6, 6.07) is 11.2. The predicted molar refractivity (Wildman–Crippen MR) is 82.5 cm³/mol. The van der Waals surface area contributed by atoms with Crippen molar-refractivity contribution in [2.45, 2.75) is 12.8 Å². The maximum Gasteiger partial charge on any atom is 0.224 e. The minimum absolute atomic E-state index is 0.0347. The molecule has 1 heterocycles. The van der Waals surface area contributed by atoms with Crippen molar-refractivity contribution in [1.82, 2.24) is 0 Å². The first-order valence-electron chi connectivity index (χ1n) is 6.36. The summed E-state index contributed by atoms with van der Waals surface area (Å²) in [6.07, 6.45) is 1.24. The molecule has 5 heteroatoms. The molecule has 0 aliphatic carbocycles. The normalized spacial score (nSPS) is 13.6. The van der Waals surface area contributed by atoms with Crippen molar-refractivity contribution in [3.8, 4) is 0 Å². The minimum Gasteiger partial charge on any atom is -0.397 e. The fourth-order valence-electron chi connectivity index (χ4n) is 2.28. The van der Waals surface area contributed by atoms with E-state index in [9.17, 15) is 4.79 Å². The van der Waals surface area contributed by atoms with Gasteiger partial charge in [-0.25, -0.2) is 0 Å². The van der Waals surface area contributed by atoms with Crippen LogP contribution >= 0.6 is 11.6 Å². The van der Waals surface area contributed by atoms with Crippen LogP contribution in [0, 0.1) is 0 Å². The van der Waals surface area contributed by atoms with Crippen molar-refractivity contribution in [1.29, 1.82) is 0 Å². The second-order valence-electron chi connectivity index (χ2n) is 4.78. The number of nitrogen functional groups attached to an aromatic ring is 1. The number of aryl methyl sites for hydroxylation is 1. The van der Waals surface area contributed by atoms with Gasteiger partial charge in [-0.05, 0) is 42.3 Å². The third-order valence-electron chi connectivity index (χ3n) is 3.27. The van der Waals surface area contributed by atoms with Gasteiger partial charge in [0.1, 0.15) is 0 Å². The van der Waals surface area contributed by atoms with E-state index in [0.717, 1.165) is 29.0 Å². The Hall–Kier alpha value is -2.20. The first-order valence-corrected chi connectivity index (χ1v) is 6.74. The molecule has 0 saturated carbocycles. The van der Waals surface area contributed by atoms with Gasteiger partial charge in [0.2, 0.25) is 5.91 Å². The molecule has 1 aliphatic heterocycles. The van der Waals surface area contributed by atoms with Crippen molar-refractivity contribution in [2.24, 2.45) is 0 Å². The molecular weight excluding hydrogens is 274 g/mol. The van der Waals surface area contributed by atoms with Gasteiger partial charge in [0.25, 0.3) is 0 Å². The first-order chi connectivity index (χ1) is 9.61. The molecule has 1 amide bonds. The molecule has 2 aromatic carbocycles. The highest BCUT2D eigenvalue weighted by Gasteiger charge is 2.16. The second-order valence-corrected chi connectivity index (χ2v) is 5.22. The molecule has 0 atom stereocenters. The molecule has 1 aliphatic rings. The maximum absolute atomic E-state index is 11.4. The van der Waals surface area contributed by atoms with Crippen LogP contribution in [0.2, 0.25) is 5.02 Å². The Morgan fingerprint density at radius 3 is 2.85 bits per heavy atom. The average Bonchev–Trinajstić information content (AvgIpc) is 2.40. The van der Waals surface area contributed by atoms with Crippen LogP contribution in [0.1, 0.15) is 12.0 Å². The van der Waals surface area contributed by atoms with E-state index in [-0.39, 0.29) is 5.91 Å². The Kier molecular flexibility index (Phi) is 3.24. The quantitative estimate of drug-likeness (QED) is 0.740. The summed E-state index contributed by atoms with van der Waals surface area (Å²) < 4.78 is 0. The third kappa shape index (κ3) is 2.56. The number of hydrogen-bond acceptors (Lipinski definition) is 3. The fourth-order valence-corrected chi connectivity index (χ4v) is 2.47. The summed E-state index contributed by atoms with van der Waals surface area (Å²) in [4.78, 5) is 11.4. The third-order valence-corrected chi connectivity index (χ3v) is 3.51. The van der Waals surface area contributed by atoms with Gasteiger partial charge in [-0.3, -0.25) is 4.79 Å². The van der Waals surface area contributed by atoms with Gasteiger partial charge in [0.05, 0.1) is 11.4 Å². The van der Waals surface area contributed by atoms with Crippen LogP contribution in [0.3, 0.4) is 0 Å². The lowest BCUT2D eigenvalue weighted by Crippen LogP contribution is -2.19. The van der Waals surface area contributed by atoms with E-state index in [1.165, 1.54) is 0 Å². The zero-order valence-corrected chi connectivity index (χ0v) is 11.5. The van der Waals surface area contributed by atoms with Crippen LogP contribution in [0.15, 0.2) is 36.4 Å². The van der Waals surface area contributed by atoms with Crippen molar-refractivity contribution < 1.29 is 4.79 Å². The summed E-state index contributed by atoms with van der Waals surface area (Å²) in [6.45, 7) is 0. The molecule has 4 nitrogen and oxygen atoms in total. The number of rotatable bonds is 2. The zero-order valence-electron chi connectivity index (χ0n) is 10.7. The number of hydrogen-bond donors (Lipinski definition) is 3. The number of carbonyl (C=O) groups excluding carboxylic acids is 1. The van der Waals surface area contributed by atoms with Crippen molar-refractivity contribution in [3.63, 3.8) is 0 Å². The number of nitrogens with one attached hydrogen (secondary N) is 2. The zero-order chi connectivity index (χ0) is 14.1. The predicted octanol–water partition coefficient (Wildman–Crippen LogP) is 3.55. The van der Waals surface area contributed by atoms with Gasteiger partial charge in [-0.15, -0.1) is 0 Å². The van der Waals surface area contributed by atoms with E-state index in [1.54, 1.807) is 6.07 Å². The van der Waals surface area contributed by atoms with Crippen LogP contribution in [-0.4, -0.2) is 5.91 Å². The van der Waals surface area contributed by atoms with Crippen LogP contribution < -0.4 is 16.4 Å². The first kappa shape index (κ1) is 12.8. The number of fused-ring (bicyclic) bond motifs is 1. The average molecular weight is 288 g/mol. The second kappa shape index (κ2) is 5.06. The van der Waals surface area contributed by atoms with Gasteiger partial charge in [0, 0.05) is 22.8 Å². The van der Waals surface area contributed by atoms with E-state index in [1.807, 2.05) is 30.3 Å². The SMILES string of the molecule is Nc1cc2c(cc1Nc1cccc(Cl)c1)CCC(=O)N2. The minimum atomic E-state index is 0.0347. The van der Waals surface area contributed by atoms with E-state index >= 15 is 0 Å². The van der Waals surface area contributed by atoms with Gasteiger partial charge < -0.3 is 16.4 Å². The van der Waals surface area contributed by atoms with E-state index in [4.69, 9.17) is 17.3 Å². The largest absolute Gasteiger partial charge is 0.397 e. The highest BCUT2D eigenvalue weighted by molar-refractivity contribution is 6.30. The number of halogens is 1. The lowest BCUT2D eigenvalue weighted by Gasteiger charge is -2.20. The van der Waals surface area contributed by atoms with E-state index < -0.39 is 0 Å². The lowest BCUT2D eigenvalue weighted by molar-refractivity contribution is -0.116. The molecule has 0 spiro atoms. The molecule has 2 aromatic rings. The Bertz CT molecular complexity index is 685. The molecule has 0 bridgehead atoms. The number of amides is 1. The summed E-state index contributed by atoms with van der Waals surface area (Å²) in [7, 11) is 0. The van der Waals surface area contributed by atoms with Crippen LogP contribution in [0.25, 0.3) is 0 Å². The van der Waals surface area contributed by atoms with Crippen molar-refractivity contribution in [3.05, 3.63) is 47.0 Å². The van der Waals surface area contributed by atoms with Crippen LogP contribution in [-0.2, 0) is 11.2 Å². The summed E-state index contributed by atoms with van der Waals surface area (Å²) in [5, 5.41) is 6.75. The smallest absolute Gasteiger partial charge is 0.224 e. The molecule has 0 radical (unpaired) electrons. The highest BCUT2D eigenvalue weighted by Crippen LogP contribution is 2.33. The Balaban J connectivity index is 1.92. The Labute approximate surface area is 121 Å². The molecular formula is C15H14ClN3O. The lowest BCUT2D eigenvalue weighted by atomic mass is 10.0. The highest BCUT2D eigenvalue weighted by atomic mass is 35.5. The Morgan fingerprint density at radius 2 is 2.05 bits per heavy atom. The molecule has 0 aromatic heterocycles. The van der Waals surface area contributed by atoms with Crippen LogP contribution in [0.4, 0.5) is 22.7 Å². The van der Waals surface area contributed by atoms with Gasteiger partial charge in [-0.2, -0.15) is 0 Å². The molecule has 3 rings (SSSR count). The standard InChI is InChI=1S/C15H14ClN3O/c16-10-2-1-3-11(7-10)18-14-6-9-4-5-15(20)19-13(9)8-12(14)17/h1-3,6-8,18H,4-5,17H2,(H,19,20). The molecule has 0 unspecified atom stereocenters.